The van der Waals surface area contributed by atoms with Crippen LogP contribution >= 0.6 is 0 Å². The Bertz CT molecular complexity index is 387. The highest BCUT2D eigenvalue weighted by Gasteiger charge is 2.04. The molecule has 0 aliphatic rings. The van der Waals surface area contributed by atoms with E-state index >= 15 is 0 Å². The van der Waals surface area contributed by atoms with Gasteiger partial charge in [-0.1, -0.05) is 26.8 Å². The Labute approximate surface area is 78.0 Å². The molecular formula is C10H15N3. The average molecular weight is 177 g/mol. The van der Waals surface area contributed by atoms with Gasteiger partial charge in [-0.25, -0.2) is 9.97 Å². The minimum absolute atomic E-state index is 0.114. The number of hydrogen-bond acceptors (Lipinski definition) is 3. The summed E-state index contributed by atoms with van der Waals surface area (Å²) in [6, 6.07) is 0. The molecule has 0 saturated carbocycles. The molecule has 1 aromatic heterocycles. The maximum absolute atomic E-state index is 5.43. The highest BCUT2D eigenvalue weighted by Crippen LogP contribution is 2.13. The third kappa shape index (κ3) is 2.86. The lowest BCUT2D eigenvalue weighted by molar-refractivity contribution is 0.583. The number of rotatable bonds is 0. The highest BCUT2D eigenvalue weighted by atomic mass is 14.8. The lowest BCUT2D eigenvalue weighted by Gasteiger charge is -2.10. The topological polar surface area (TPSA) is 51.8 Å². The van der Waals surface area contributed by atoms with Crippen LogP contribution in [0.3, 0.4) is 0 Å². The molecule has 0 amide bonds. The second-order valence-electron chi connectivity index (χ2n) is 4.04. The second kappa shape index (κ2) is 3.56. The third-order valence-electron chi connectivity index (χ3n) is 1.52. The van der Waals surface area contributed by atoms with Crippen LogP contribution in [-0.4, -0.2) is 9.97 Å². The van der Waals surface area contributed by atoms with Crippen molar-refractivity contribution in [2.24, 2.45) is 11.1 Å². The number of nitrogens with zero attached hydrogens (tertiary/aromatic N) is 2. The van der Waals surface area contributed by atoms with Crippen molar-refractivity contribution in [1.82, 2.24) is 9.97 Å². The van der Waals surface area contributed by atoms with Gasteiger partial charge in [0.2, 0.25) is 0 Å². The summed E-state index contributed by atoms with van der Waals surface area (Å²) in [6.45, 7) is 6.38. The highest BCUT2D eigenvalue weighted by molar-refractivity contribution is 5.30. The van der Waals surface area contributed by atoms with Crippen LogP contribution in [0, 0.1) is 5.41 Å². The number of aromatic nitrogens is 2. The van der Waals surface area contributed by atoms with E-state index in [0.717, 1.165) is 10.6 Å². The van der Waals surface area contributed by atoms with E-state index in [2.05, 4.69) is 36.8 Å². The van der Waals surface area contributed by atoms with Crippen molar-refractivity contribution in [3.05, 3.63) is 23.1 Å². The third-order valence-corrected chi connectivity index (χ3v) is 1.52. The van der Waals surface area contributed by atoms with Crippen LogP contribution in [-0.2, 0) is 0 Å². The molecule has 0 spiro atoms. The first-order chi connectivity index (χ1) is 6.03. The van der Waals surface area contributed by atoms with E-state index in [0.29, 0.717) is 0 Å². The van der Waals surface area contributed by atoms with Crippen LogP contribution in [0.15, 0.2) is 12.5 Å². The van der Waals surface area contributed by atoms with Gasteiger partial charge in [0.1, 0.15) is 6.33 Å². The minimum atomic E-state index is 0.114. The van der Waals surface area contributed by atoms with Gasteiger partial charge < -0.3 is 5.73 Å². The predicted octanol–water partition coefficient (Wildman–Crippen LogP) is -0.0001000. The molecule has 2 N–H and O–H groups in total. The van der Waals surface area contributed by atoms with E-state index in [-0.39, 0.29) is 5.41 Å². The Kier molecular flexibility index (Phi) is 2.66. The smallest absolute Gasteiger partial charge is 0.116 e. The number of hydrogen-bond donors (Lipinski definition) is 1. The van der Waals surface area contributed by atoms with E-state index in [1.54, 1.807) is 6.20 Å². The molecule has 0 bridgehead atoms. The summed E-state index contributed by atoms with van der Waals surface area (Å²) < 4.78 is 0. The lowest BCUT2D eigenvalue weighted by atomic mass is 9.95. The fourth-order valence-electron chi connectivity index (χ4n) is 1.07. The van der Waals surface area contributed by atoms with Crippen LogP contribution in [0.25, 0.3) is 12.3 Å². The van der Waals surface area contributed by atoms with Crippen LogP contribution < -0.4 is 16.3 Å². The summed E-state index contributed by atoms with van der Waals surface area (Å²) >= 11 is 0. The van der Waals surface area contributed by atoms with Gasteiger partial charge in [0, 0.05) is 17.6 Å². The Morgan fingerprint density at radius 3 is 2.62 bits per heavy atom. The summed E-state index contributed by atoms with van der Waals surface area (Å²) in [5, 5.41) is 1.77. The van der Waals surface area contributed by atoms with Crippen molar-refractivity contribution >= 4 is 12.3 Å². The monoisotopic (exact) mass is 177 g/mol. The molecule has 3 heteroatoms. The van der Waals surface area contributed by atoms with E-state index in [1.165, 1.54) is 12.5 Å². The van der Waals surface area contributed by atoms with E-state index in [1.807, 2.05) is 0 Å². The first kappa shape index (κ1) is 9.71. The maximum atomic E-state index is 5.43. The Balaban J connectivity index is 3.39. The van der Waals surface area contributed by atoms with Gasteiger partial charge in [-0.3, -0.25) is 0 Å². The average Bonchev–Trinajstić information content (AvgIpc) is 2.02. The van der Waals surface area contributed by atoms with Crippen LogP contribution in [0.4, 0.5) is 0 Å². The fraction of sp³-hybridized carbons (Fsp3) is 0.400. The summed E-state index contributed by atoms with van der Waals surface area (Å²) in [4.78, 5) is 8.02. The van der Waals surface area contributed by atoms with E-state index < -0.39 is 0 Å². The Hall–Kier alpha value is -1.38. The number of nitrogens with two attached hydrogens (primary N) is 1. The quantitative estimate of drug-likeness (QED) is 0.607. The first-order valence-electron chi connectivity index (χ1n) is 4.24. The fourth-order valence-corrected chi connectivity index (χ4v) is 1.07. The van der Waals surface area contributed by atoms with Crippen molar-refractivity contribution in [2.75, 3.05) is 0 Å². The van der Waals surface area contributed by atoms with E-state index in [9.17, 15) is 0 Å². The predicted molar refractivity (Wildman–Crippen MR) is 53.9 cm³/mol. The Morgan fingerprint density at radius 1 is 1.38 bits per heavy atom. The minimum Gasteiger partial charge on any atom is -0.403 e. The molecule has 1 heterocycles. The standard InChI is InChI=1S/C10H15N3/c1-10(2,3)4-8-6-12-7-13-9(8)5-11/h4-7H,11H2,1-3H3/b8-4-,9-5+. The summed E-state index contributed by atoms with van der Waals surface area (Å²) in [7, 11) is 0. The van der Waals surface area contributed by atoms with Crippen molar-refractivity contribution in [2.45, 2.75) is 20.8 Å². The molecule has 13 heavy (non-hydrogen) atoms. The largest absolute Gasteiger partial charge is 0.403 e. The molecule has 0 atom stereocenters. The molecule has 0 aliphatic heterocycles. The zero-order valence-corrected chi connectivity index (χ0v) is 8.28. The van der Waals surface area contributed by atoms with Crippen molar-refractivity contribution < 1.29 is 0 Å². The van der Waals surface area contributed by atoms with Gasteiger partial charge in [-0.05, 0) is 5.41 Å². The van der Waals surface area contributed by atoms with Gasteiger partial charge in [0.05, 0.1) is 5.35 Å². The summed E-state index contributed by atoms with van der Waals surface area (Å²) in [6.07, 6.45) is 6.88. The zero-order chi connectivity index (χ0) is 9.90. The van der Waals surface area contributed by atoms with Crippen LogP contribution in [0.2, 0.25) is 0 Å². The normalized spacial score (nSPS) is 15.0. The first-order valence-corrected chi connectivity index (χ1v) is 4.24. The molecule has 70 valence electrons. The van der Waals surface area contributed by atoms with Crippen molar-refractivity contribution in [3.8, 4) is 0 Å². The molecule has 1 rings (SSSR count). The lowest BCUT2D eigenvalue weighted by Crippen LogP contribution is -2.31. The van der Waals surface area contributed by atoms with E-state index in [4.69, 9.17) is 5.73 Å². The van der Waals surface area contributed by atoms with Crippen LogP contribution in [0.5, 0.6) is 0 Å². The Morgan fingerprint density at radius 2 is 2.08 bits per heavy atom. The molecule has 1 aromatic rings. The van der Waals surface area contributed by atoms with Crippen molar-refractivity contribution in [1.29, 1.82) is 0 Å². The molecule has 0 saturated heterocycles. The van der Waals surface area contributed by atoms with Gasteiger partial charge in [0.15, 0.2) is 0 Å². The molecule has 3 nitrogen and oxygen atoms in total. The molecule has 0 fully saturated rings. The molecular weight excluding hydrogens is 162 g/mol. The van der Waals surface area contributed by atoms with Crippen molar-refractivity contribution in [3.63, 3.8) is 0 Å². The summed E-state index contributed by atoms with van der Waals surface area (Å²) in [5.41, 5.74) is 5.55. The van der Waals surface area contributed by atoms with Gasteiger partial charge in [-0.15, -0.1) is 0 Å². The molecule has 0 radical (unpaired) electrons. The summed E-state index contributed by atoms with van der Waals surface area (Å²) in [5.74, 6) is 0. The second-order valence-corrected chi connectivity index (χ2v) is 4.04. The van der Waals surface area contributed by atoms with Crippen LogP contribution in [0.1, 0.15) is 20.8 Å². The van der Waals surface area contributed by atoms with Gasteiger partial charge >= 0.3 is 0 Å². The van der Waals surface area contributed by atoms with Gasteiger partial charge in [0.25, 0.3) is 0 Å². The maximum Gasteiger partial charge on any atom is 0.116 e. The molecule has 0 aliphatic carbocycles. The molecule has 0 aromatic carbocycles. The van der Waals surface area contributed by atoms with Gasteiger partial charge in [-0.2, -0.15) is 0 Å². The SMILES string of the molecule is CC(C)(C)/C=c1/cncn/c1=C/N. The molecule has 0 unspecified atom stereocenters. The zero-order valence-electron chi connectivity index (χ0n) is 8.28.